The molecule has 4 aromatic rings. The Bertz CT molecular complexity index is 1240. The van der Waals surface area contributed by atoms with Gasteiger partial charge in [-0.3, -0.25) is 14.5 Å². The number of pyridine rings is 1. The molecule has 1 amide bonds. The lowest BCUT2D eigenvalue weighted by Crippen LogP contribution is -2.50. The lowest BCUT2D eigenvalue weighted by atomic mass is 10.0. The number of carbonyl (C=O) groups is 2. The summed E-state index contributed by atoms with van der Waals surface area (Å²) in [6.07, 6.45) is 1.85. The second-order valence-electron chi connectivity index (χ2n) is 8.15. The molecule has 32 heavy (non-hydrogen) atoms. The molecule has 0 atom stereocenters. The van der Waals surface area contributed by atoms with E-state index in [2.05, 4.69) is 17.0 Å². The minimum Gasteiger partial charge on any atom is -0.333 e. The fourth-order valence-electron chi connectivity index (χ4n) is 4.39. The number of carbonyl (C=O) groups excluding carboxylic acids is 2. The molecule has 3 heterocycles. The van der Waals surface area contributed by atoms with Gasteiger partial charge in [0.2, 0.25) is 0 Å². The molecule has 0 bridgehead atoms. The van der Waals surface area contributed by atoms with Crippen molar-refractivity contribution < 1.29 is 9.59 Å². The molecule has 0 saturated carbocycles. The average Bonchev–Trinajstić information content (AvgIpc) is 3.24. The molecular formula is C27H25N3O2. The normalized spacial score (nSPS) is 14.6. The number of hydrogen-bond donors (Lipinski definition) is 0. The van der Waals surface area contributed by atoms with E-state index in [-0.39, 0.29) is 0 Å². The van der Waals surface area contributed by atoms with Gasteiger partial charge < -0.3 is 9.30 Å². The van der Waals surface area contributed by atoms with E-state index >= 15 is 0 Å². The Balaban J connectivity index is 1.36. The van der Waals surface area contributed by atoms with E-state index in [0.29, 0.717) is 18.8 Å². The van der Waals surface area contributed by atoms with Gasteiger partial charge in [0.25, 0.3) is 11.7 Å². The van der Waals surface area contributed by atoms with E-state index in [1.807, 2.05) is 83.4 Å². The number of nitrogens with zero attached hydrogens (tertiary/aromatic N) is 3. The van der Waals surface area contributed by atoms with Crippen LogP contribution in [0.1, 0.15) is 16.1 Å². The third-order valence-electron chi connectivity index (χ3n) is 6.08. The standard InChI is InChI=1S/C27H25N3O2/c31-26(27(32)29-17-15-28(16-18-29)20-21-9-3-1-4-10-21)25-24(22-11-5-2-6-12-22)19-23-13-7-8-14-30(23)25/h1-14,19H,15-18,20H2. The van der Waals surface area contributed by atoms with Gasteiger partial charge in [0.15, 0.2) is 0 Å². The Kier molecular flexibility index (Phi) is 5.57. The second kappa shape index (κ2) is 8.81. The zero-order valence-electron chi connectivity index (χ0n) is 17.9. The SMILES string of the molecule is O=C(C(=O)N1CCN(Cc2ccccc2)CC1)c1c(-c2ccccc2)cc2ccccn12. The Hall–Kier alpha value is -3.70. The van der Waals surface area contributed by atoms with Gasteiger partial charge in [0.1, 0.15) is 5.69 Å². The number of amides is 1. The zero-order valence-corrected chi connectivity index (χ0v) is 17.9. The summed E-state index contributed by atoms with van der Waals surface area (Å²) >= 11 is 0. The number of piperazine rings is 1. The summed E-state index contributed by atoms with van der Waals surface area (Å²) in [7, 11) is 0. The molecule has 5 nitrogen and oxygen atoms in total. The van der Waals surface area contributed by atoms with E-state index in [4.69, 9.17) is 0 Å². The molecule has 0 spiro atoms. The van der Waals surface area contributed by atoms with Crippen LogP contribution in [-0.4, -0.2) is 52.1 Å². The van der Waals surface area contributed by atoms with E-state index in [1.165, 1.54) is 5.56 Å². The fourth-order valence-corrected chi connectivity index (χ4v) is 4.39. The lowest BCUT2D eigenvalue weighted by Gasteiger charge is -2.34. The number of Topliss-reactive ketones (excluding diaryl/α,β-unsaturated/α-hetero) is 1. The predicted molar refractivity (Wildman–Crippen MR) is 125 cm³/mol. The van der Waals surface area contributed by atoms with Gasteiger partial charge >= 0.3 is 0 Å². The van der Waals surface area contributed by atoms with Crippen molar-refractivity contribution in [2.45, 2.75) is 6.54 Å². The van der Waals surface area contributed by atoms with Crippen LogP contribution in [0.25, 0.3) is 16.6 Å². The number of ketones is 1. The molecule has 0 aliphatic carbocycles. The molecule has 1 aliphatic heterocycles. The third-order valence-corrected chi connectivity index (χ3v) is 6.08. The smallest absolute Gasteiger partial charge is 0.296 e. The van der Waals surface area contributed by atoms with Crippen molar-refractivity contribution in [3.63, 3.8) is 0 Å². The number of rotatable bonds is 5. The van der Waals surface area contributed by atoms with Gasteiger partial charge in [0.05, 0.1) is 0 Å². The molecular weight excluding hydrogens is 398 g/mol. The highest BCUT2D eigenvalue weighted by molar-refractivity contribution is 6.43. The molecule has 0 radical (unpaired) electrons. The van der Waals surface area contributed by atoms with Crippen LogP contribution in [0.2, 0.25) is 0 Å². The Morgan fingerprint density at radius 2 is 1.41 bits per heavy atom. The predicted octanol–water partition coefficient (Wildman–Crippen LogP) is 4.13. The minimum atomic E-state index is -0.452. The maximum Gasteiger partial charge on any atom is 0.296 e. The first-order valence-corrected chi connectivity index (χ1v) is 11.0. The third kappa shape index (κ3) is 3.95. The van der Waals surface area contributed by atoms with E-state index in [9.17, 15) is 9.59 Å². The van der Waals surface area contributed by atoms with Crippen molar-refractivity contribution >= 4 is 17.2 Å². The topological polar surface area (TPSA) is 45.0 Å². The summed E-state index contributed by atoms with van der Waals surface area (Å²) in [4.78, 5) is 30.7. The van der Waals surface area contributed by atoms with Gasteiger partial charge in [-0.2, -0.15) is 0 Å². The van der Waals surface area contributed by atoms with Crippen molar-refractivity contribution in [1.29, 1.82) is 0 Å². The zero-order chi connectivity index (χ0) is 21.9. The number of fused-ring (bicyclic) bond motifs is 1. The highest BCUT2D eigenvalue weighted by atomic mass is 16.2. The van der Waals surface area contributed by atoms with Crippen molar-refractivity contribution in [3.05, 3.63) is 102 Å². The van der Waals surface area contributed by atoms with Crippen molar-refractivity contribution in [3.8, 4) is 11.1 Å². The van der Waals surface area contributed by atoms with Gasteiger partial charge in [0, 0.05) is 50.0 Å². The molecule has 0 unspecified atom stereocenters. The highest BCUT2D eigenvalue weighted by Crippen LogP contribution is 2.28. The molecule has 2 aromatic heterocycles. The number of hydrogen-bond acceptors (Lipinski definition) is 3. The first kappa shape index (κ1) is 20.2. The van der Waals surface area contributed by atoms with Crippen molar-refractivity contribution in [2.75, 3.05) is 26.2 Å². The highest BCUT2D eigenvalue weighted by Gasteiger charge is 2.30. The molecule has 5 heteroatoms. The molecule has 2 aromatic carbocycles. The summed E-state index contributed by atoms with van der Waals surface area (Å²) in [5.74, 6) is -0.878. The van der Waals surface area contributed by atoms with Crippen LogP contribution in [-0.2, 0) is 11.3 Å². The van der Waals surface area contributed by atoms with Crippen LogP contribution in [0.15, 0.2) is 91.1 Å². The van der Waals surface area contributed by atoms with Crippen LogP contribution in [0.5, 0.6) is 0 Å². The van der Waals surface area contributed by atoms with Crippen LogP contribution in [0.4, 0.5) is 0 Å². The Labute approximate surface area is 187 Å². The monoisotopic (exact) mass is 423 g/mol. The van der Waals surface area contributed by atoms with Gasteiger partial charge in [-0.25, -0.2) is 0 Å². The van der Waals surface area contributed by atoms with E-state index in [1.54, 1.807) is 4.90 Å². The Morgan fingerprint density at radius 3 is 2.12 bits per heavy atom. The lowest BCUT2D eigenvalue weighted by molar-refractivity contribution is -0.128. The van der Waals surface area contributed by atoms with Gasteiger partial charge in [-0.15, -0.1) is 0 Å². The number of benzene rings is 2. The first-order valence-electron chi connectivity index (χ1n) is 11.0. The minimum absolute atomic E-state index is 0.426. The van der Waals surface area contributed by atoms with Crippen molar-refractivity contribution in [1.82, 2.24) is 14.2 Å². The van der Waals surface area contributed by atoms with Crippen LogP contribution < -0.4 is 0 Å². The summed E-state index contributed by atoms with van der Waals surface area (Å²) in [6, 6.07) is 27.9. The van der Waals surface area contributed by atoms with E-state index < -0.39 is 11.7 Å². The van der Waals surface area contributed by atoms with Gasteiger partial charge in [-0.05, 0) is 29.3 Å². The molecule has 5 rings (SSSR count). The second-order valence-corrected chi connectivity index (χ2v) is 8.15. The quantitative estimate of drug-likeness (QED) is 0.358. The number of aromatic nitrogens is 1. The Morgan fingerprint density at radius 1 is 0.750 bits per heavy atom. The maximum absolute atomic E-state index is 13.5. The molecule has 1 fully saturated rings. The molecule has 0 N–H and O–H groups in total. The van der Waals surface area contributed by atoms with E-state index in [0.717, 1.165) is 36.3 Å². The summed E-state index contributed by atoms with van der Waals surface area (Å²) < 4.78 is 1.83. The van der Waals surface area contributed by atoms with Crippen molar-refractivity contribution in [2.24, 2.45) is 0 Å². The van der Waals surface area contributed by atoms with Gasteiger partial charge in [-0.1, -0.05) is 66.7 Å². The first-order chi connectivity index (χ1) is 15.7. The largest absolute Gasteiger partial charge is 0.333 e. The summed E-state index contributed by atoms with van der Waals surface area (Å²) in [5, 5.41) is 0. The molecule has 1 aliphatic rings. The summed E-state index contributed by atoms with van der Waals surface area (Å²) in [6.45, 7) is 3.49. The molecule has 160 valence electrons. The van der Waals surface area contributed by atoms with Crippen LogP contribution in [0.3, 0.4) is 0 Å². The maximum atomic E-state index is 13.5. The average molecular weight is 424 g/mol. The fraction of sp³-hybridized carbons (Fsp3) is 0.185. The van der Waals surface area contributed by atoms with Crippen LogP contribution >= 0.6 is 0 Å². The summed E-state index contributed by atoms with van der Waals surface area (Å²) in [5.41, 5.74) is 4.31. The molecule has 1 saturated heterocycles. The van der Waals surface area contributed by atoms with Crippen LogP contribution in [0, 0.1) is 0 Å².